The van der Waals surface area contributed by atoms with E-state index >= 15 is 0 Å². The summed E-state index contributed by atoms with van der Waals surface area (Å²) in [5.74, 6) is 0. The van der Waals surface area contributed by atoms with E-state index in [0.717, 1.165) is 30.6 Å². The molecule has 2 N–H and O–H groups in total. The minimum absolute atomic E-state index is 0.0292. The van der Waals surface area contributed by atoms with Gasteiger partial charge in [0.25, 0.3) is 0 Å². The second-order valence-corrected chi connectivity index (χ2v) is 5.63. The maximum absolute atomic E-state index is 12.3. The fourth-order valence-corrected chi connectivity index (χ4v) is 2.79. The summed E-state index contributed by atoms with van der Waals surface area (Å²) in [4.78, 5) is 16.3. The van der Waals surface area contributed by atoms with Crippen molar-refractivity contribution >= 4 is 6.03 Å². The number of hydrogen-bond donors (Lipinski definition) is 2. The first-order chi connectivity index (χ1) is 11.3. The van der Waals surface area contributed by atoms with Crippen LogP contribution in [-0.2, 0) is 11.3 Å². The topological polar surface area (TPSA) is 63.2 Å². The summed E-state index contributed by atoms with van der Waals surface area (Å²) in [5.41, 5.74) is 2.03. The van der Waals surface area contributed by atoms with Crippen molar-refractivity contribution in [2.24, 2.45) is 0 Å². The monoisotopic (exact) mass is 311 g/mol. The van der Waals surface area contributed by atoms with Gasteiger partial charge in [-0.3, -0.25) is 4.98 Å². The molecule has 2 atom stereocenters. The van der Waals surface area contributed by atoms with Crippen molar-refractivity contribution < 1.29 is 9.53 Å². The Kier molecular flexibility index (Phi) is 5.21. The lowest BCUT2D eigenvalue weighted by Gasteiger charge is -2.25. The molecule has 0 aliphatic carbocycles. The lowest BCUT2D eigenvalue weighted by molar-refractivity contribution is 0.0807. The molecule has 1 aromatic carbocycles. The van der Waals surface area contributed by atoms with Crippen LogP contribution in [-0.4, -0.2) is 23.7 Å². The summed E-state index contributed by atoms with van der Waals surface area (Å²) in [6.07, 6.45) is 5.48. The van der Waals surface area contributed by atoms with Gasteiger partial charge in [-0.05, 0) is 30.0 Å². The molecule has 1 saturated heterocycles. The second-order valence-electron chi connectivity index (χ2n) is 5.63. The molecule has 2 heterocycles. The molecule has 5 nitrogen and oxygen atoms in total. The number of carbonyl (C=O) groups is 1. The normalized spacial score (nSPS) is 18.3. The number of benzene rings is 1. The van der Waals surface area contributed by atoms with E-state index in [1.54, 1.807) is 12.4 Å². The van der Waals surface area contributed by atoms with Crippen molar-refractivity contribution in [1.82, 2.24) is 15.6 Å². The van der Waals surface area contributed by atoms with E-state index in [1.165, 1.54) is 0 Å². The number of hydrogen-bond acceptors (Lipinski definition) is 3. The standard InChI is InChI=1S/C18H21N3O2/c22-18(20-13-14-6-4-10-19-12-14)21-17(16-9-5-11-23-16)15-7-2-1-3-8-15/h1-4,6-8,10,12,16-17H,5,9,11,13H2,(H2,20,21,22)/t16-,17-/m0/s1. The molecule has 1 aliphatic heterocycles. The largest absolute Gasteiger partial charge is 0.376 e. The lowest BCUT2D eigenvalue weighted by Crippen LogP contribution is -2.42. The smallest absolute Gasteiger partial charge is 0.315 e. The molecule has 1 aliphatic rings. The molecule has 3 rings (SSSR count). The zero-order chi connectivity index (χ0) is 15.9. The van der Waals surface area contributed by atoms with Crippen LogP contribution in [0.4, 0.5) is 4.79 Å². The molecule has 0 unspecified atom stereocenters. The first-order valence-electron chi connectivity index (χ1n) is 7.93. The van der Waals surface area contributed by atoms with Gasteiger partial charge in [-0.2, -0.15) is 0 Å². The Morgan fingerprint density at radius 2 is 2.13 bits per heavy atom. The third kappa shape index (κ3) is 4.29. The lowest BCUT2D eigenvalue weighted by atomic mass is 9.99. The summed E-state index contributed by atoms with van der Waals surface area (Å²) in [6, 6.07) is 13.4. The Morgan fingerprint density at radius 3 is 2.83 bits per heavy atom. The highest BCUT2D eigenvalue weighted by molar-refractivity contribution is 5.74. The van der Waals surface area contributed by atoms with Crippen molar-refractivity contribution in [1.29, 1.82) is 0 Å². The van der Waals surface area contributed by atoms with Crippen molar-refractivity contribution in [2.45, 2.75) is 31.5 Å². The van der Waals surface area contributed by atoms with Crippen LogP contribution in [0.25, 0.3) is 0 Å². The molecule has 2 amide bonds. The third-order valence-corrected chi connectivity index (χ3v) is 3.96. The summed E-state index contributed by atoms with van der Waals surface area (Å²) in [6.45, 7) is 1.21. The molecule has 0 saturated carbocycles. The average Bonchev–Trinajstić information content (AvgIpc) is 3.14. The van der Waals surface area contributed by atoms with E-state index in [2.05, 4.69) is 15.6 Å². The number of pyridine rings is 1. The van der Waals surface area contributed by atoms with Crippen LogP contribution in [0.5, 0.6) is 0 Å². The Bertz CT molecular complexity index is 613. The van der Waals surface area contributed by atoms with E-state index in [9.17, 15) is 4.79 Å². The fourth-order valence-electron chi connectivity index (χ4n) is 2.79. The summed E-state index contributed by atoms with van der Waals surface area (Å²) in [5, 5.41) is 5.93. The highest BCUT2D eigenvalue weighted by atomic mass is 16.5. The van der Waals surface area contributed by atoms with Crippen molar-refractivity contribution in [3.8, 4) is 0 Å². The quantitative estimate of drug-likeness (QED) is 0.892. The van der Waals surface area contributed by atoms with Gasteiger partial charge in [-0.15, -0.1) is 0 Å². The van der Waals surface area contributed by atoms with E-state index in [0.29, 0.717) is 6.54 Å². The van der Waals surface area contributed by atoms with Gasteiger partial charge in [-0.1, -0.05) is 36.4 Å². The van der Waals surface area contributed by atoms with E-state index in [4.69, 9.17) is 4.74 Å². The van der Waals surface area contributed by atoms with Crippen LogP contribution >= 0.6 is 0 Å². The molecule has 23 heavy (non-hydrogen) atoms. The van der Waals surface area contributed by atoms with Gasteiger partial charge in [0, 0.05) is 25.5 Å². The SMILES string of the molecule is O=C(NCc1cccnc1)N[C@@H](c1ccccc1)[C@@H]1CCCO1. The van der Waals surface area contributed by atoms with Crippen LogP contribution in [0.3, 0.4) is 0 Å². The van der Waals surface area contributed by atoms with Gasteiger partial charge in [0.2, 0.25) is 0 Å². The maximum Gasteiger partial charge on any atom is 0.315 e. The van der Waals surface area contributed by atoms with Gasteiger partial charge in [-0.25, -0.2) is 4.79 Å². The number of amides is 2. The van der Waals surface area contributed by atoms with E-state index in [-0.39, 0.29) is 18.2 Å². The Morgan fingerprint density at radius 1 is 1.26 bits per heavy atom. The van der Waals surface area contributed by atoms with Gasteiger partial charge in [0.1, 0.15) is 0 Å². The molecular formula is C18H21N3O2. The number of carbonyl (C=O) groups excluding carboxylic acids is 1. The zero-order valence-corrected chi connectivity index (χ0v) is 12.9. The second kappa shape index (κ2) is 7.74. The molecule has 5 heteroatoms. The first-order valence-corrected chi connectivity index (χ1v) is 7.93. The third-order valence-electron chi connectivity index (χ3n) is 3.96. The minimum Gasteiger partial charge on any atom is -0.376 e. The number of ether oxygens (including phenoxy) is 1. The summed E-state index contributed by atoms with van der Waals surface area (Å²) < 4.78 is 5.78. The summed E-state index contributed by atoms with van der Waals surface area (Å²) >= 11 is 0. The van der Waals surface area contributed by atoms with Gasteiger partial charge >= 0.3 is 6.03 Å². The number of nitrogens with one attached hydrogen (secondary N) is 2. The molecule has 120 valence electrons. The molecule has 0 bridgehead atoms. The number of nitrogens with zero attached hydrogens (tertiary/aromatic N) is 1. The van der Waals surface area contributed by atoms with Gasteiger partial charge < -0.3 is 15.4 Å². The fraction of sp³-hybridized carbons (Fsp3) is 0.333. The minimum atomic E-state index is -0.196. The van der Waals surface area contributed by atoms with Crippen LogP contribution in [0, 0.1) is 0 Å². The Labute approximate surface area is 136 Å². The van der Waals surface area contributed by atoms with Gasteiger partial charge in [0.05, 0.1) is 12.1 Å². The highest BCUT2D eigenvalue weighted by Crippen LogP contribution is 2.26. The number of aromatic nitrogens is 1. The highest BCUT2D eigenvalue weighted by Gasteiger charge is 2.28. The average molecular weight is 311 g/mol. The van der Waals surface area contributed by atoms with Crippen molar-refractivity contribution in [3.63, 3.8) is 0 Å². The predicted octanol–water partition coefficient (Wildman–Crippen LogP) is 2.80. The van der Waals surface area contributed by atoms with E-state index in [1.807, 2.05) is 42.5 Å². The first kappa shape index (κ1) is 15.5. The number of rotatable bonds is 5. The van der Waals surface area contributed by atoms with Crippen molar-refractivity contribution in [2.75, 3.05) is 6.61 Å². The van der Waals surface area contributed by atoms with Crippen molar-refractivity contribution in [3.05, 3.63) is 66.0 Å². The zero-order valence-electron chi connectivity index (χ0n) is 12.9. The van der Waals surface area contributed by atoms with Crippen LogP contribution < -0.4 is 10.6 Å². The molecule has 1 aromatic heterocycles. The molecular weight excluding hydrogens is 290 g/mol. The number of urea groups is 1. The van der Waals surface area contributed by atoms with Crippen LogP contribution in [0.15, 0.2) is 54.9 Å². The van der Waals surface area contributed by atoms with Crippen LogP contribution in [0.1, 0.15) is 30.0 Å². The maximum atomic E-state index is 12.3. The Hall–Kier alpha value is -2.40. The predicted molar refractivity (Wildman–Crippen MR) is 87.8 cm³/mol. The molecule has 2 aromatic rings. The molecule has 0 radical (unpaired) electrons. The summed E-state index contributed by atoms with van der Waals surface area (Å²) in [7, 11) is 0. The molecule has 0 spiro atoms. The van der Waals surface area contributed by atoms with Gasteiger partial charge in [0.15, 0.2) is 0 Å². The Balaban J connectivity index is 1.62. The van der Waals surface area contributed by atoms with E-state index < -0.39 is 0 Å². The van der Waals surface area contributed by atoms with Crippen LogP contribution in [0.2, 0.25) is 0 Å². The molecule has 1 fully saturated rings.